The first-order valence-electron chi connectivity index (χ1n) is 6.75. The summed E-state index contributed by atoms with van der Waals surface area (Å²) in [5, 5.41) is 11.6. The Balaban J connectivity index is 4.49. The van der Waals surface area contributed by atoms with Gasteiger partial charge in [-0.3, -0.25) is 9.69 Å². The molecule has 0 fully saturated rings. The predicted molar refractivity (Wildman–Crippen MR) is 77.1 cm³/mol. The minimum Gasteiger partial charge on any atom is -0.467 e. The number of carbonyl (C=O) groups is 2. The fourth-order valence-electron chi connectivity index (χ4n) is 1.83. The van der Waals surface area contributed by atoms with E-state index < -0.39 is 12.0 Å². The van der Waals surface area contributed by atoms with E-state index in [2.05, 4.69) is 11.9 Å². The molecular weight excluding hydrogens is 260 g/mol. The molecule has 0 aromatic heterocycles. The number of aliphatic hydroxyl groups is 1. The Morgan fingerprint density at radius 3 is 2.55 bits per heavy atom. The second kappa shape index (κ2) is 10.4. The van der Waals surface area contributed by atoms with E-state index >= 15 is 0 Å². The Kier molecular flexibility index (Phi) is 9.67. The second-order valence-electron chi connectivity index (χ2n) is 5.02. The van der Waals surface area contributed by atoms with Crippen LogP contribution in [0.15, 0.2) is 12.7 Å². The molecule has 0 rings (SSSR count). The van der Waals surface area contributed by atoms with Gasteiger partial charge in [-0.05, 0) is 12.3 Å². The molecule has 6 nitrogen and oxygen atoms in total. The molecule has 116 valence electrons. The molecule has 0 aliphatic rings. The molecule has 0 radical (unpaired) electrons. The Labute approximate surface area is 120 Å². The molecule has 0 aromatic carbocycles. The van der Waals surface area contributed by atoms with Gasteiger partial charge < -0.3 is 15.2 Å². The fourth-order valence-corrected chi connectivity index (χ4v) is 1.83. The lowest BCUT2D eigenvalue weighted by atomic mass is 10.0. The van der Waals surface area contributed by atoms with Gasteiger partial charge in [-0.1, -0.05) is 19.9 Å². The lowest BCUT2D eigenvalue weighted by Gasteiger charge is -2.22. The highest BCUT2D eigenvalue weighted by Crippen LogP contribution is 2.06. The minimum atomic E-state index is -0.632. The third-order valence-corrected chi connectivity index (χ3v) is 2.70. The monoisotopic (exact) mass is 286 g/mol. The summed E-state index contributed by atoms with van der Waals surface area (Å²) in [5.41, 5.74) is 0. The summed E-state index contributed by atoms with van der Waals surface area (Å²) in [4.78, 5) is 25.3. The number of hydrogen-bond acceptors (Lipinski definition) is 5. The van der Waals surface area contributed by atoms with E-state index in [1.165, 1.54) is 7.11 Å². The van der Waals surface area contributed by atoms with Crippen molar-refractivity contribution < 1.29 is 19.4 Å². The number of ether oxygens (including phenoxy) is 1. The van der Waals surface area contributed by atoms with Gasteiger partial charge in [0.25, 0.3) is 0 Å². The lowest BCUT2D eigenvalue weighted by molar-refractivity contribution is -0.145. The van der Waals surface area contributed by atoms with Crippen LogP contribution in [-0.4, -0.2) is 61.3 Å². The maximum absolute atomic E-state index is 11.9. The van der Waals surface area contributed by atoms with Crippen molar-refractivity contribution in [3.8, 4) is 0 Å². The third kappa shape index (κ3) is 7.91. The summed E-state index contributed by atoms with van der Waals surface area (Å²) in [5.74, 6) is -0.443. The minimum absolute atomic E-state index is 0.0342. The van der Waals surface area contributed by atoms with E-state index in [0.29, 0.717) is 19.5 Å². The van der Waals surface area contributed by atoms with Crippen molar-refractivity contribution in [2.24, 2.45) is 5.92 Å². The van der Waals surface area contributed by atoms with Gasteiger partial charge in [-0.25, -0.2) is 4.79 Å². The Bertz CT molecular complexity index is 318. The molecule has 0 saturated carbocycles. The molecule has 1 amide bonds. The topological polar surface area (TPSA) is 78.9 Å². The van der Waals surface area contributed by atoms with Crippen LogP contribution in [0.4, 0.5) is 0 Å². The number of esters is 1. The van der Waals surface area contributed by atoms with E-state index in [-0.39, 0.29) is 25.0 Å². The van der Waals surface area contributed by atoms with Crippen molar-refractivity contribution >= 4 is 11.9 Å². The molecule has 0 aliphatic carbocycles. The molecule has 0 aliphatic heterocycles. The van der Waals surface area contributed by atoms with E-state index in [4.69, 9.17) is 9.84 Å². The maximum atomic E-state index is 11.9. The summed E-state index contributed by atoms with van der Waals surface area (Å²) in [7, 11) is 1.30. The molecule has 20 heavy (non-hydrogen) atoms. The maximum Gasteiger partial charge on any atom is 0.328 e. The molecule has 0 heterocycles. The second-order valence-corrected chi connectivity index (χ2v) is 5.02. The van der Waals surface area contributed by atoms with Gasteiger partial charge in [0.2, 0.25) is 5.91 Å². The van der Waals surface area contributed by atoms with Crippen molar-refractivity contribution in [3.63, 3.8) is 0 Å². The standard InChI is InChI=1S/C14H26N2O4/c1-5-6-16(7-8-17)10-13(18)15-12(9-11(2)3)14(19)20-4/h5,11-12,17H,1,6-10H2,2-4H3,(H,15,18). The zero-order chi connectivity index (χ0) is 15.5. The van der Waals surface area contributed by atoms with Crippen molar-refractivity contribution in [1.82, 2.24) is 10.2 Å². The zero-order valence-corrected chi connectivity index (χ0v) is 12.6. The predicted octanol–water partition coefficient (Wildman–Crippen LogP) is 0.171. The van der Waals surface area contributed by atoms with Gasteiger partial charge in [0.15, 0.2) is 0 Å². The average Bonchev–Trinajstić information content (AvgIpc) is 2.37. The highest BCUT2D eigenvalue weighted by atomic mass is 16.5. The normalized spacial score (nSPS) is 12.3. The van der Waals surface area contributed by atoms with Crippen LogP contribution in [0.25, 0.3) is 0 Å². The smallest absolute Gasteiger partial charge is 0.328 e. The van der Waals surface area contributed by atoms with Crippen LogP contribution >= 0.6 is 0 Å². The molecule has 1 unspecified atom stereocenters. The van der Waals surface area contributed by atoms with Gasteiger partial charge >= 0.3 is 5.97 Å². The van der Waals surface area contributed by atoms with E-state index in [1.807, 2.05) is 13.8 Å². The highest BCUT2D eigenvalue weighted by Gasteiger charge is 2.23. The fraction of sp³-hybridized carbons (Fsp3) is 0.714. The molecule has 2 N–H and O–H groups in total. The van der Waals surface area contributed by atoms with Crippen LogP contribution in [0, 0.1) is 5.92 Å². The molecule has 6 heteroatoms. The zero-order valence-electron chi connectivity index (χ0n) is 12.6. The largest absolute Gasteiger partial charge is 0.467 e. The third-order valence-electron chi connectivity index (χ3n) is 2.70. The summed E-state index contributed by atoms with van der Waals surface area (Å²) in [6.07, 6.45) is 2.19. The van der Waals surface area contributed by atoms with E-state index in [1.54, 1.807) is 11.0 Å². The molecule has 0 bridgehead atoms. The van der Waals surface area contributed by atoms with Crippen LogP contribution in [0.3, 0.4) is 0 Å². The Morgan fingerprint density at radius 1 is 1.45 bits per heavy atom. The molecule has 0 spiro atoms. The molecule has 0 aromatic rings. The van der Waals surface area contributed by atoms with Gasteiger partial charge in [0, 0.05) is 13.1 Å². The summed E-state index contributed by atoms with van der Waals surface area (Å²) >= 11 is 0. The van der Waals surface area contributed by atoms with Crippen LogP contribution in [0.5, 0.6) is 0 Å². The van der Waals surface area contributed by atoms with Crippen molar-refractivity contribution in [1.29, 1.82) is 0 Å². The highest BCUT2D eigenvalue weighted by molar-refractivity contribution is 5.85. The molecule has 0 saturated heterocycles. The van der Waals surface area contributed by atoms with Crippen LogP contribution in [0.1, 0.15) is 20.3 Å². The van der Waals surface area contributed by atoms with Crippen LogP contribution in [0.2, 0.25) is 0 Å². The van der Waals surface area contributed by atoms with Gasteiger partial charge in [0.1, 0.15) is 6.04 Å². The number of rotatable bonds is 10. The number of carbonyl (C=O) groups excluding carboxylic acids is 2. The SMILES string of the molecule is C=CCN(CCO)CC(=O)NC(CC(C)C)C(=O)OC. The number of aliphatic hydroxyl groups excluding tert-OH is 1. The Morgan fingerprint density at radius 2 is 2.10 bits per heavy atom. The van der Waals surface area contributed by atoms with Crippen LogP contribution in [-0.2, 0) is 14.3 Å². The number of methoxy groups -OCH3 is 1. The quantitative estimate of drug-likeness (QED) is 0.442. The van der Waals surface area contributed by atoms with E-state index in [9.17, 15) is 9.59 Å². The molecular formula is C14H26N2O4. The number of amides is 1. The first-order valence-corrected chi connectivity index (χ1v) is 6.75. The number of nitrogens with one attached hydrogen (secondary N) is 1. The first kappa shape index (κ1) is 18.6. The van der Waals surface area contributed by atoms with Crippen molar-refractivity contribution in [2.75, 3.05) is 33.4 Å². The number of hydrogen-bond donors (Lipinski definition) is 2. The Hall–Kier alpha value is -1.40. The van der Waals surface area contributed by atoms with E-state index in [0.717, 1.165) is 0 Å². The molecule has 1 atom stereocenters. The van der Waals surface area contributed by atoms with Gasteiger partial charge in [-0.15, -0.1) is 6.58 Å². The lowest BCUT2D eigenvalue weighted by Crippen LogP contribution is -2.47. The summed E-state index contributed by atoms with van der Waals surface area (Å²) in [6, 6.07) is -0.632. The van der Waals surface area contributed by atoms with Crippen molar-refractivity contribution in [2.45, 2.75) is 26.3 Å². The average molecular weight is 286 g/mol. The van der Waals surface area contributed by atoms with Gasteiger partial charge in [-0.2, -0.15) is 0 Å². The first-order chi connectivity index (χ1) is 9.44. The summed E-state index contributed by atoms with van der Waals surface area (Å²) in [6.45, 7) is 8.50. The summed E-state index contributed by atoms with van der Waals surface area (Å²) < 4.78 is 4.69. The van der Waals surface area contributed by atoms with Crippen LogP contribution < -0.4 is 5.32 Å². The van der Waals surface area contributed by atoms with Gasteiger partial charge in [0.05, 0.1) is 20.3 Å². The number of nitrogens with zero attached hydrogens (tertiary/aromatic N) is 1. The van der Waals surface area contributed by atoms with Crippen molar-refractivity contribution in [3.05, 3.63) is 12.7 Å².